The van der Waals surface area contributed by atoms with E-state index >= 15 is 0 Å². The minimum Gasteiger partial charge on any atom is -0.455 e. The quantitative estimate of drug-likeness (QED) is 0.207. The SMILES string of the molecule is Cc1c(Oc2ccccc2Cl)ccc(NC(=O)c2csc(-c3ccnnc3)n2)c1N1CCC[C@@H](CN(C)C(=O)OC(C)(C)C)C1. The van der Waals surface area contributed by atoms with Crippen LogP contribution in [0.5, 0.6) is 11.5 Å². The van der Waals surface area contributed by atoms with Crippen LogP contribution in [0.25, 0.3) is 10.6 Å². The molecule has 12 heteroatoms. The van der Waals surface area contributed by atoms with E-state index in [0.717, 1.165) is 36.2 Å². The van der Waals surface area contributed by atoms with E-state index in [1.807, 2.05) is 58.0 Å². The van der Waals surface area contributed by atoms with Crippen molar-refractivity contribution in [3.63, 3.8) is 0 Å². The Morgan fingerprint density at radius 1 is 1.13 bits per heavy atom. The Morgan fingerprint density at radius 3 is 2.67 bits per heavy atom. The third-order valence-electron chi connectivity index (χ3n) is 7.33. The number of carbonyl (C=O) groups is 2. The first-order chi connectivity index (χ1) is 21.5. The van der Waals surface area contributed by atoms with Gasteiger partial charge in [0, 0.05) is 43.2 Å². The number of hydrogen-bond donors (Lipinski definition) is 1. The summed E-state index contributed by atoms with van der Waals surface area (Å²) in [5.41, 5.74) is 2.89. The highest BCUT2D eigenvalue weighted by atomic mass is 35.5. The third kappa shape index (κ3) is 8.09. The van der Waals surface area contributed by atoms with E-state index in [1.165, 1.54) is 11.3 Å². The largest absolute Gasteiger partial charge is 0.455 e. The molecule has 0 unspecified atom stereocenters. The number of piperidine rings is 1. The summed E-state index contributed by atoms with van der Waals surface area (Å²) in [4.78, 5) is 34.6. The maximum Gasteiger partial charge on any atom is 0.410 e. The normalized spacial score (nSPS) is 15.0. The lowest BCUT2D eigenvalue weighted by atomic mass is 9.96. The van der Waals surface area contributed by atoms with Gasteiger partial charge >= 0.3 is 6.09 Å². The van der Waals surface area contributed by atoms with Crippen LogP contribution >= 0.6 is 22.9 Å². The van der Waals surface area contributed by atoms with E-state index in [-0.39, 0.29) is 17.9 Å². The van der Waals surface area contributed by atoms with Gasteiger partial charge in [-0.05, 0) is 76.8 Å². The molecule has 2 aromatic heterocycles. The summed E-state index contributed by atoms with van der Waals surface area (Å²) in [6.07, 6.45) is 4.75. The highest BCUT2D eigenvalue weighted by Gasteiger charge is 2.29. The summed E-state index contributed by atoms with van der Waals surface area (Å²) < 4.78 is 11.9. The smallest absolute Gasteiger partial charge is 0.410 e. The molecule has 0 bridgehead atoms. The van der Waals surface area contributed by atoms with Gasteiger partial charge in [0.05, 0.1) is 28.8 Å². The van der Waals surface area contributed by atoms with Gasteiger partial charge in [0.1, 0.15) is 27.8 Å². The molecule has 1 saturated heterocycles. The van der Waals surface area contributed by atoms with Crippen molar-refractivity contribution in [1.82, 2.24) is 20.1 Å². The number of carbonyl (C=O) groups excluding carboxylic acids is 2. The molecule has 236 valence electrons. The Morgan fingerprint density at radius 2 is 1.93 bits per heavy atom. The fourth-order valence-electron chi connectivity index (χ4n) is 5.28. The summed E-state index contributed by atoms with van der Waals surface area (Å²) in [6.45, 7) is 9.57. The van der Waals surface area contributed by atoms with Crippen LogP contribution in [0.1, 0.15) is 49.7 Å². The van der Waals surface area contributed by atoms with Crippen molar-refractivity contribution in [2.75, 3.05) is 36.9 Å². The number of aromatic nitrogens is 3. The standard InChI is InChI=1S/C33H37ClN6O4S/c1-21-27(43-28-11-7-6-10-24(28)34)13-12-25(37-30(41)26-20-45-31(38-26)23-14-15-35-36-17-23)29(21)40-16-8-9-22(19-40)18-39(5)32(42)44-33(2,3)4/h6-7,10-15,17,20,22H,8-9,16,18-19H2,1-5H3,(H,37,41)/t22-/m0/s1. The second-order valence-corrected chi connectivity index (χ2v) is 13.3. The van der Waals surface area contributed by atoms with Crippen LogP contribution in [0, 0.1) is 12.8 Å². The average Bonchev–Trinajstić information content (AvgIpc) is 3.50. The molecule has 0 aliphatic carbocycles. The van der Waals surface area contributed by atoms with Crippen molar-refractivity contribution in [2.45, 2.75) is 46.1 Å². The topological polar surface area (TPSA) is 110 Å². The highest BCUT2D eigenvalue weighted by Crippen LogP contribution is 2.41. The molecule has 0 spiro atoms. The zero-order valence-electron chi connectivity index (χ0n) is 26.0. The van der Waals surface area contributed by atoms with Gasteiger partial charge in [-0.2, -0.15) is 10.2 Å². The third-order valence-corrected chi connectivity index (χ3v) is 8.53. The molecular weight excluding hydrogens is 612 g/mol. The van der Waals surface area contributed by atoms with Crippen LogP contribution in [0.4, 0.5) is 16.2 Å². The molecule has 3 heterocycles. The average molecular weight is 649 g/mol. The second-order valence-electron chi connectivity index (χ2n) is 12.1. The first kappa shape index (κ1) is 32.2. The zero-order valence-corrected chi connectivity index (χ0v) is 27.6. The van der Waals surface area contributed by atoms with Crippen LogP contribution in [-0.2, 0) is 4.74 Å². The Hall–Kier alpha value is -4.22. The molecule has 4 aromatic rings. The fourth-order valence-corrected chi connectivity index (χ4v) is 6.24. The Bertz CT molecular complexity index is 1660. The number of thiazole rings is 1. The molecule has 1 atom stereocenters. The van der Waals surface area contributed by atoms with E-state index < -0.39 is 5.60 Å². The van der Waals surface area contributed by atoms with Crippen LogP contribution in [0.15, 0.2) is 60.2 Å². The number of halogens is 1. The number of nitrogens with zero attached hydrogens (tertiary/aromatic N) is 5. The van der Waals surface area contributed by atoms with E-state index in [9.17, 15) is 9.59 Å². The van der Waals surface area contributed by atoms with Gasteiger partial charge in [-0.15, -0.1) is 11.3 Å². The van der Waals surface area contributed by atoms with Crippen molar-refractivity contribution in [3.8, 4) is 22.1 Å². The van der Waals surface area contributed by atoms with Crippen molar-refractivity contribution in [1.29, 1.82) is 0 Å². The Balaban J connectivity index is 1.42. The van der Waals surface area contributed by atoms with Crippen LogP contribution in [-0.4, -0.2) is 64.4 Å². The summed E-state index contributed by atoms with van der Waals surface area (Å²) in [6, 6.07) is 12.8. The van der Waals surface area contributed by atoms with E-state index in [4.69, 9.17) is 21.1 Å². The van der Waals surface area contributed by atoms with Gasteiger partial charge in [-0.3, -0.25) is 4.79 Å². The number of ether oxygens (including phenoxy) is 2. The van der Waals surface area contributed by atoms with Crippen molar-refractivity contribution in [3.05, 3.63) is 76.5 Å². The molecule has 45 heavy (non-hydrogen) atoms. The van der Waals surface area contributed by atoms with E-state index in [1.54, 1.807) is 41.9 Å². The van der Waals surface area contributed by atoms with Gasteiger partial charge in [-0.1, -0.05) is 23.7 Å². The second kappa shape index (κ2) is 13.8. The number of amides is 2. The summed E-state index contributed by atoms with van der Waals surface area (Å²) >= 11 is 7.78. The summed E-state index contributed by atoms with van der Waals surface area (Å²) in [5.74, 6) is 1.05. The maximum absolute atomic E-state index is 13.5. The minimum atomic E-state index is -0.566. The first-order valence-corrected chi connectivity index (χ1v) is 16.0. The lowest BCUT2D eigenvalue weighted by Crippen LogP contribution is -2.43. The number of rotatable bonds is 8. The van der Waals surface area contributed by atoms with Crippen molar-refractivity contribution in [2.24, 2.45) is 5.92 Å². The van der Waals surface area contributed by atoms with Crippen LogP contribution in [0.2, 0.25) is 5.02 Å². The maximum atomic E-state index is 13.5. The summed E-state index contributed by atoms with van der Waals surface area (Å²) in [7, 11) is 1.77. The molecule has 2 amide bonds. The van der Waals surface area contributed by atoms with Gasteiger partial charge in [-0.25, -0.2) is 9.78 Å². The monoisotopic (exact) mass is 648 g/mol. The molecule has 5 rings (SSSR count). The van der Waals surface area contributed by atoms with Gasteiger partial charge in [0.15, 0.2) is 0 Å². The molecule has 2 aromatic carbocycles. The number of hydrogen-bond acceptors (Lipinski definition) is 9. The van der Waals surface area contributed by atoms with Crippen molar-refractivity contribution < 1.29 is 19.1 Å². The van der Waals surface area contributed by atoms with Crippen LogP contribution in [0.3, 0.4) is 0 Å². The zero-order chi connectivity index (χ0) is 32.1. The van der Waals surface area contributed by atoms with Crippen molar-refractivity contribution >= 4 is 46.3 Å². The predicted octanol–water partition coefficient (Wildman–Crippen LogP) is 7.69. The van der Waals surface area contributed by atoms with Gasteiger partial charge in [0.25, 0.3) is 5.91 Å². The molecule has 0 saturated carbocycles. The van der Waals surface area contributed by atoms with Crippen LogP contribution < -0.4 is 15.0 Å². The lowest BCUT2D eigenvalue weighted by Gasteiger charge is -2.38. The number of nitrogens with one attached hydrogen (secondary N) is 1. The van der Waals surface area contributed by atoms with Gasteiger partial charge < -0.3 is 24.6 Å². The summed E-state index contributed by atoms with van der Waals surface area (Å²) in [5, 5.41) is 13.7. The molecule has 10 nitrogen and oxygen atoms in total. The molecule has 0 radical (unpaired) electrons. The number of anilines is 2. The first-order valence-electron chi connectivity index (χ1n) is 14.8. The fraction of sp³-hybridized carbons (Fsp3) is 0.364. The minimum absolute atomic E-state index is 0.197. The van der Waals surface area contributed by atoms with E-state index in [2.05, 4.69) is 25.4 Å². The van der Waals surface area contributed by atoms with Gasteiger partial charge in [0.2, 0.25) is 0 Å². The highest BCUT2D eigenvalue weighted by molar-refractivity contribution is 7.13. The Labute approximate surface area is 272 Å². The molecule has 1 aliphatic rings. The number of benzene rings is 2. The molecule has 1 N–H and O–H groups in total. The van der Waals surface area contributed by atoms with E-state index in [0.29, 0.717) is 46.0 Å². The molecule has 1 fully saturated rings. The number of para-hydroxylation sites is 1. The lowest BCUT2D eigenvalue weighted by molar-refractivity contribution is 0.0269. The molecule has 1 aliphatic heterocycles. The predicted molar refractivity (Wildman–Crippen MR) is 178 cm³/mol. The Kier molecular flexibility index (Phi) is 9.89. The molecular formula is C33H37ClN6O4S.